The Morgan fingerprint density at radius 3 is 2.38 bits per heavy atom. The first-order chi connectivity index (χ1) is 21.4. The summed E-state index contributed by atoms with van der Waals surface area (Å²) < 4.78 is 0. The second-order valence-corrected chi connectivity index (χ2v) is 15.7. The zero-order chi connectivity index (χ0) is 32.6. The largest absolute Gasteiger partial charge is 0.390 e. The minimum absolute atomic E-state index is 0.0121. The van der Waals surface area contributed by atoms with Crippen molar-refractivity contribution in [1.82, 2.24) is 26.2 Å². The highest BCUT2D eigenvalue weighted by Crippen LogP contribution is 2.39. The molecule has 3 aliphatic rings. The summed E-state index contributed by atoms with van der Waals surface area (Å²) in [5.41, 5.74) is -0.350. The molecule has 0 spiro atoms. The number of likely N-dealkylation sites (tertiary alicyclic amines) is 1. The maximum atomic E-state index is 13.9. The first kappa shape index (κ1) is 35.7. The van der Waals surface area contributed by atoms with Crippen molar-refractivity contribution >= 4 is 29.5 Å². The average Bonchev–Trinajstić information content (AvgIpc) is 3.56. The highest BCUT2D eigenvalue weighted by molar-refractivity contribution is 7.99. The van der Waals surface area contributed by atoms with Gasteiger partial charge in [0.05, 0.1) is 24.2 Å². The van der Waals surface area contributed by atoms with Gasteiger partial charge in [-0.3, -0.25) is 19.3 Å². The number of aliphatic hydroxyl groups excluding tert-OH is 1. The number of benzene rings is 1. The summed E-state index contributed by atoms with van der Waals surface area (Å²) in [6.07, 6.45) is 7.06. The molecular formula is C35H57N5O4S. The highest BCUT2D eigenvalue weighted by atomic mass is 32.2. The summed E-state index contributed by atoms with van der Waals surface area (Å²) in [5, 5.41) is 24.4. The van der Waals surface area contributed by atoms with Crippen LogP contribution in [0, 0.1) is 17.8 Å². The van der Waals surface area contributed by atoms with Crippen LogP contribution >= 0.6 is 11.8 Å². The van der Waals surface area contributed by atoms with Crippen LogP contribution in [-0.4, -0.2) is 88.9 Å². The Hall–Kier alpha value is -2.14. The topological polar surface area (TPSA) is 123 Å². The standard InChI is InChI=1S/C35H57N5O4S/c1-6-23(2)31(38-32(42)27-17-12-18-36-27)34(44)37-28(22-45-26-15-8-7-9-16-26)30(41)21-40-20-25-14-11-10-13-24(25)19-29(40)33(43)39-35(3,4)5/h7-9,15-16,23-25,27-31,36,41H,6,10-14,17-22H2,1-5H3,(H,37,44)(H,38,42)(H,39,43)/t23?,24?,25?,27?,28-,29-,30+,31-/m0/s1. The summed E-state index contributed by atoms with van der Waals surface area (Å²) >= 11 is 1.58. The fraction of sp³-hybridized carbons (Fsp3) is 0.743. The van der Waals surface area contributed by atoms with E-state index < -0.39 is 18.2 Å². The molecule has 8 atom stereocenters. The Kier molecular flexibility index (Phi) is 13.2. The molecule has 0 bridgehead atoms. The van der Waals surface area contributed by atoms with E-state index in [9.17, 15) is 19.5 Å². The van der Waals surface area contributed by atoms with Gasteiger partial charge in [-0.15, -0.1) is 11.8 Å². The van der Waals surface area contributed by atoms with Gasteiger partial charge in [-0.25, -0.2) is 0 Å². The van der Waals surface area contributed by atoms with E-state index in [1.807, 2.05) is 65.0 Å². The first-order valence-corrected chi connectivity index (χ1v) is 18.2. The van der Waals surface area contributed by atoms with Crippen LogP contribution in [-0.2, 0) is 14.4 Å². The van der Waals surface area contributed by atoms with Crippen molar-refractivity contribution in [3.8, 4) is 0 Å². The Morgan fingerprint density at radius 1 is 1.02 bits per heavy atom. The number of thioether (sulfide) groups is 1. The maximum Gasteiger partial charge on any atom is 0.243 e. The molecule has 5 N–H and O–H groups in total. The summed E-state index contributed by atoms with van der Waals surface area (Å²) in [7, 11) is 0. The normalized spacial score (nSPS) is 26.6. The molecule has 10 heteroatoms. The van der Waals surface area contributed by atoms with Crippen LogP contribution in [0.25, 0.3) is 0 Å². The fourth-order valence-electron chi connectivity index (χ4n) is 7.08. The van der Waals surface area contributed by atoms with Crippen molar-refractivity contribution < 1.29 is 19.5 Å². The molecule has 2 saturated heterocycles. The molecular weight excluding hydrogens is 586 g/mol. The molecule has 9 nitrogen and oxygen atoms in total. The molecule has 0 radical (unpaired) electrons. The lowest BCUT2D eigenvalue weighted by atomic mass is 9.72. The average molecular weight is 644 g/mol. The third-order valence-electron chi connectivity index (χ3n) is 9.86. The van der Waals surface area contributed by atoms with E-state index in [0.717, 1.165) is 56.5 Å². The number of carbonyl (C=O) groups excluding carboxylic acids is 3. The van der Waals surface area contributed by atoms with E-state index in [1.54, 1.807) is 11.8 Å². The van der Waals surface area contributed by atoms with Crippen LogP contribution in [0.15, 0.2) is 35.2 Å². The maximum absolute atomic E-state index is 13.9. The molecule has 45 heavy (non-hydrogen) atoms. The number of hydrogen-bond donors (Lipinski definition) is 5. The lowest BCUT2D eigenvalue weighted by Crippen LogP contribution is -2.61. The van der Waals surface area contributed by atoms with Crippen molar-refractivity contribution in [1.29, 1.82) is 0 Å². The lowest BCUT2D eigenvalue weighted by Gasteiger charge is -2.47. The van der Waals surface area contributed by atoms with E-state index in [4.69, 9.17) is 0 Å². The van der Waals surface area contributed by atoms with Gasteiger partial charge < -0.3 is 26.4 Å². The third-order valence-corrected chi connectivity index (χ3v) is 11.0. The number of piperidine rings is 1. The number of aliphatic hydroxyl groups is 1. The summed E-state index contributed by atoms with van der Waals surface area (Å²) in [4.78, 5) is 43.7. The number of β-amino-alcohol motifs (C(OH)–C–C–N with tert-alkyl or cyclic N) is 1. The summed E-state index contributed by atoms with van der Waals surface area (Å²) in [5.74, 6) is 1.02. The van der Waals surface area contributed by atoms with Crippen LogP contribution in [0.2, 0.25) is 0 Å². The molecule has 1 aromatic rings. The predicted octanol–water partition coefficient (Wildman–Crippen LogP) is 3.70. The molecule has 3 amide bonds. The Bertz CT molecular complexity index is 1110. The van der Waals surface area contributed by atoms with Gasteiger partial charge in [-0.2, -0.15) is 0 Å². The van der Waals surface area contributed by atoms with Crippen LogP contribution in [0.4, 0.5) is 0 Å². The summed E-state index contributed by atoms with van der Waals surface area (Å²) in [6.45, 7) is 11.8. The molecule has 1 aliphatic carbocycles. The van der Waals surface area contributed by atoms with Crippen LogP contribution in [0.1, 0.15) is 86.0 Å². The number of nitrogens with one attached hydrogen (secondary N) is 4. The monoisotopic (exact) mass is 643 g/mol. The minimum Gasteiger partial charge on any atom is -0.390 e. The predicted molar refractivity (Wildman–Crippen MR) is 181 cm³/mol. The van der Waals surface area contributed by atoms with Crippen molar-refractivity contribution in [3.05, 3.63) is 30.3 Å². The van der Waals surface area contributed by atoms with E-state index in [0.29, 0.717) is 17.6 Å². The van der Waals surface area contributed by atoms with E-state index in [2.05, 4.69) is 26.2 Å². The number of fused-ring (bicyclic) bond motifs is 1. The molecule has 1 saturated carbocycles. The molecule has 252 valence electrons. The Morgan fingerprint density at radius 2 is 1.73 bits per heavy atom. The zero-order valence-electron chi connectivity index (χ0n) is 28.0. The number of carbonyl (C=O) groups is 3. The van der Waals surface area contributed by atoms with Gasteiger partial charge in [0.2, 0.25) is 17.7 Å². The quantitative estimate of drug-likeness (QED) is 0.208. The second-order valence-electron chi connectivity index (χ2n) is 14.6. The first-order valence-electron chi connectivity index (χ1n) is 17.2. The van der Waals surface area contributed by atoms with E-state index >= 15 is 0 Å². The Balaban J connectivity index is 1.52. The smallest absolute Gasteiger partial charge is 0.243 e. The number of hydrogen-bond acceptors (Lipinski definition) is 7. The second kappa shape index (κ2) is 16.6. The van der Waals surface area contributed by atoms with E-state index in [-0.39, 0.29) is 47.8 Å². The number of nitrogens with zero attached hydrogens (tertiary/aromatic N) is 1. The zero-order valence-corrected chi connectivity index (χ0v) is 28.8. The lowest BCUT2D eigenvalue weighted by molar-refractivity contribution is -0.133. The SMILES string of the molecule is CCC(C)[C@H](NC(=O)C1CCCN1)C(=O)N[C@@H](CSc1ccccc1)[C@H](O)CN1CC2CCCCC2C[C@H]1C(=O)NC(C)(C)C. The summed E-state index contributed by atoms with van der Waals surface area (Å²) in [6, 6.07) is 8.08. The third kappa shape index (κ3) is 10.4. The van der Waals surface area contributed by atoms with Crippen LogP contribution in [0.5, 0.6) is 0 Å². The van der Waals surface area contributed by atoms with Crippen molar-refractivity contribution in [2.75, 3.05) is 25.4 Å². The minimum atomic E-state index is -0.903. The van der Waals surface area contributed by atoms with Gasteiger partial charge in [0.15, 0.2) is 0 Å². The van der Waals surface area contributed by atoms with Gasteiger partial charge in [0.25, 0.3) is 0 Å². The number of rotatable bonds is 13. The Labute approximate surface area is 274 Å². The van der Waals surface area contributed by atoms with Crippen LogP contribution < -0.4 is 21.3 Å². The van der Waals surface area contributed by atoms with Crippen molar-refractivity contribution in [3.63, 3.8) is 0 Å². The highest BCUT2D eigenvalue weighted by Gasteiger charge is 2.42. The fourth-order valence-corrected chi connectivity index (χ4v) is 8.11. The molecule has 1 aromatic carbocycles. The molecule has 2 heterocycles. The van der Waals surface area contributed by atoms with E-state index in [1.165, 1.54) is 12.8 Å². The molecule has 3 fully saturated rings. The van der Waals surface area contributed by atoms with Crippen LogP contribution in [0.3, 0.4) is 0 Å². The van der Waals surface area contributed by atoms with Gasteiger partial charge >= 0.3 is 0 Å². The van der Waals surface area contributed by atoms with Crippen molar-refractivity contribution in [2.24, 2.45) is 17.8 Å². The molecule has 0 aromatic heterocycles. The van der Waals surface area contributed by atoms with Crippen molar-refractivity contribution in [2.45, 2.75) is 127 Å². The molecule has 2 aliphatic heterocycles. The van der Waals surface area contributed by atoms with Gasteiger partial charge in [-0.05, 0) is 82.9 Å². The van der Waals surface area contributed by atoms with Gasteiger partial charge in [0, 0.05) is 29.3 Å². The number of amides is 3. The molecule has 4 rings (SSSR count). The molecule has 4 unspecified atom stereocenters. The van der Waals surface area contributed by atoms with Gasteiger partial charge in [-0.1, -0.05) is 57.7 Å². The van der Waals surface area contributed by atoms with Gasteiger partial charge in [0.1, 0.15) is 6.04 Å².